The summed E-state index contributed by atoms with van der Waals surface area (Å²) in [7, 11) is 0. The molecule has 6 nitrogen and oxygen atoms in total. The molecule has 20 heavy (non-hydrogen) atoms. The minimum atomic E-state index is -1.38. The quantitative estimate of drug-likeness (QED) is 0.801. The number of carboxylic acid groups (broad SMARTS) is 1. The van der Waals surface area contributed by atoms with Crippen LogP contribution in [-0.4, -0.2) is 27.2 Å². The third-order valence-corrected chi connectivity index (χ3v) is 2.28. The highest BCUT2D eigenvalue weighted by Crippen LogP contribution is 2.16. The molecule has 0 spiro atoms. The molecule has 0 unspecified atom stereocenters. The Labute approximate surface area is 109 Å². The topological polar surface area (TPSA) is 95.1 Å². The van der Waals surface area contributed by atoms with Gasteiger partial charge in [-0.05, 0) is 0 Å². The van der Waals surface area contributed by atoms with Crippen molar-refractivity contribution in [3.05, 3.63) is 46.9 Å². The standard InChI is InChI=1S/C11H6F3N3O3/c12-4-1-5(13)9(6(14)2-4)10(18)15-8-3-7(11(19)20)16-17-8/h1-3H,(H,19,20)(H2,15,16,17,18). The second kappa shape index (κ2) is 5.03. The van der Waals surface area contributed by atoms with Gasteiger partial charge in [0.15, 0.2) is 5.82 Å². The van der Waals surface area contributed by atoms with Gasteiger partial charge in [0.1, 0.15) is 28.7 Å². The van der Waals surface area contributed by atoms with Crippen molar-refractivity contribution in [1.29, 1.82) is 0 Å². The maximum atomic E-state index is 13.3. The van der Waals surface area contributed by atoms with E-state index in [9.17, 15) is 22.8 Å². The van der Waals surface area contributed by atoms with Crippen molar-refractivity contribution in [2.45, 2.75) is 0 Å². The van der Waals surface area contributed by atoms with Crippen LogP contribution in [-0.2, 0) is 0 Å². The fourth-order valence-electron chi connectivity index (χ4n) is 1.43. The lowest BCUT2D eigenvalue weighted by molar-refractivity contribution is 0.0690. The minimum absolute atomic E-state index is 0.240. The smallest absolute Gasteiger partial charge is 0.353 e. The monoisotopic (exact) mass is 285 g/mol. The van der Waals surface area contributed by atoms with Gasteiger partial charge in [0.2, 0.25) is 0 Å². The molecule has 0 aliphatic heterocycles. The van der Waals surface area contributed by atoms with Crippen LogP contribution >= 0.6 is 0 Å². The number of amides is 1. The lowest BCUT2D eigenvalue weighted by Crippen LogP contribution is -2.16. The highest BCUT2D eigenvalue weighted by atomic mass is 19.1. The minimum Gasteiger partial charge on any atom is -0.477 e. The summed E-state index contributed by atoms with van der Waals surface area (Å²) < 4.78 is 39.4. The molecule has 1 heterocycles. The van der Waals surface area contributed by atoms with Gasteiger partial charge in [-0.15, -0.1) is 0 Å². The molecule has 0 bridgehead atoms. The Bertz CT molecular complexity index is 676. The highest BCUT2D eigenvalue weighted by molar-refractivity contribution is 6.04. The van der Waals surface area contributed by atoms with E-state index >= 15 is 0 Å². The second-order valence-electron chi connectivity index (χ2n) is 3.67. The summed E-state index contributed by atoms with van der Waals surface area (Å²) in [4.78, 5) is 22.2. The molecule has 0 aliphatic carbocycles. The van der Waals surface area contributed by atoms with Crippen LogP contribution in [0, 0.1) is 17.5 Å². The summed E-state index contributed by atoms with van der Waals surface area (Å²) in [5.41, 5.74) is -1.31. The summed E-state index contributed by atoms with van der Waals surface area (Å²) in [5.74, 6) is -6.71. The largest absolute Gasteiger partial charge is 0.477 e. The molecule has 0 radical (unpaired) electrons. The molecule has 2 aromatic rings. The van der Waals surface area contributed by atoms with Gasteiger partial charge in [-0.2, -0.15) is 5.10 Å². The number of carbonyl (C=O) groups is 2. The van der Waals surface area contributed by atoms with Gasteiger partial charge >= 0.3 is 5.97 Å². The van der Waals surface area contributed by atoms with Gasteiger partial charge in [-0.1, -0.05) is 0 Å². The van der Waals surface area contributed by atoms with E-state index in [-0.39, 0.29) is 11.5 Å². The number of nitrogens with one attached hydrogen (secondary N) is 2. The Kier molecular flexibility index (Phi) is 3.42. The number of rotatable bonds is 3. The summed E-state index contributed by atoms with van der Waals surface area (Å²) in [6.45, 7) is 0. The average Bonchev–Trinajstić information content (AvgIpc) is 2.75. The third-order valence-electron chi connectivity index (χ3n) is 2.28. The maximum absolute atomic E-state index is 13.3. The van der Waals surface area contributed by atoms with Gasteiger partial charge in [0, 0.05) is 18.2 Å². The molecule has 3 N–H and O–H groups in total. The Morgan fingerprint density at radius 2 is 1.75 bits per heavy atom. The van der Waals surface area contributed by atoms with E-state index < -0.39 is 34.9 Å². The summed E-state index contributed by atoms with van der Waals surface area (Å²) in [6.07, 6.45) is 0. The van der Waals surface area contributed by atoms with Crippen molar-refractivity contribution in [2.24, 2.45) is 0 Å². The Morgan fingerprint density at radius 1 is 1.15 bits per heavy atom. The van der Waals surface area contributed by atoms with Crippen molar-refractivity contribution < 1.29 is 27.9 Å². The lowest BCUT2D eigenvalue weighted by Gasteiger charge is -2.04. The van der Waals surface area contributed by atoms with Crippen LogP contribution in [0.15, 0.2) is 18.2 Å². The molecule has 1 aromatic heterocycles. The first-order chi connectivity index (χ1) is 9.38. The van der Waals surface area contributed by atoms with Gasteiger partial charge in [-0.25, -0.2) is 18.0 Å². The molecular weight excluding hydrogens is 279 g/mol. The fraction of sp³-hybridized carbons (Fsp3) is 0. The molecule has 0 saturated carbocycles. The summed E-state index contributed by atoms with van der Waals surface area (Å²) >= 11 is 0. The van der Waals surface area contributed by atoms with Crippen molar-refractivity contribution >= 4 is 17.7 Å². The molecule has 2 rings (SSSR count). The second-order valence-corrected chi connectivity index (χ2v) is 3.67. The van der Waals surface area contributed by atoms with Gasteiger partial charge in [0.25, 0.3) is 5.91 Å². The summed E-state index contributed by atoms with van der Waals surface area (Å²) in [5, 5.41) is 16.1. The van der Waals surface area contributed by atoms with E-state index in [1.807, 2.05) is 5.32 Å². The predicted octanol–water partition coefficient (Wildman–Crippen LogP) is 1.78. The molecule has 1 amide bonds. The van der Waals surface area contributed by atoms with Crippen molar-refractivity contribution in [1.82, 2.24) is 10.2 Å². The van der Waals surface area contributed by atoms with Crippen LogP contribution in [0.2, 0.25) is 0 Å². The zero-order chi connectivity index (χ0) is 14.9. The maximum Gasteiger partial charge on any atom is 0.353 e. The number of carbonyl (C=O) groups excluding carboxylic acids is 1. The number of halogens is 3. The first-order valence-electron chi connectivity index (χ1n) is 5.13. The molecule has 104 valence electrons. The van der Waals surface area contributed by atoms with Crippen LogP contribution in [0.4, 0.5) is 19.0 Å². The van der Waals surface area contributed by atoms with E-state index in [1.165, 1.54) is 0 Å². The van der Waals surface area contributed by atoms with Crippen LogP contribution < -0.4 is 5.32 Å². The van der Waals surface area contributed by atoms with E-state index in [0.717, 1.165) is 6.07 Å². The number of anilines is 1. The number of hydrogen-bond acceptors (Lipinski definition) is 3. The summed E-state index contributed by atoms with van der Waals surface area (Å²) in [6, 6.07) is 1.66. The number of hydrogen-bond donors (Lipinski definition) is 3. The first kappa shape index (κ1) is 13.6. The Hall–Kier alpha value is -2.84. The normalized spacial score (nSPS) is 10.3. The van der Waals surface area contributed by atoms with E-state index in [4.69, 9.17) is 5.11 Å². The average molecular weight is 285 g/mol. The van der Waals surface area contributed by atoms with Crippen molar-refractivity contribution in [3.63, 3.8) is 0 Å². The van der Waals surface area contributed by atoms with E-state index in [2.05, 4.69) is 10.2 Å². The number of aromatic nitrogens is 2. The zero-order valence-electron chi connectivity index (χ0n) is 9.58. The fourth-order valence-corrected chi connectivity index (χ4v) is 1.43. The molecule has 0 atom stereocenters. The van der Waals surface area contributed by atoms with Crippen molar-refractivity contribution in [3.8, 4) is 0 Å². The Balaban J connectivity index is 2.26. The zero-order valence-corrected chi connectivity index (χ0v) is 9.58. The van der Waals surface area contributed by atoms with Gasteiger partial charge < -0.3 is 10.4 Å². The molecule has 0 saturated heterocycles. The van der Waals surface area contributed by atoms with Crippen LogP contribution in [0.1, 0.15) is 20.8 Å². The lowest BCUT2D eigenvalue weighted by atomic mass is 10.2. The molecule has 9 heteroatoms. The van der Waals surface area contributed by atoms with E-state index in [1.54, 1.807) is 0 Å². The Morgan fingerprint density at radius 3 is 2.25 bits per heavy atom. The molecule has 1 aromatic carbocycles. The van der Waals surface area contributed by atoms with E-state index in [0.29, 0.717) is 12.1 Å². The van der Waals surface area contributed by atoms with Gasteiger partial charge in [-0.3, -0.25) is 9.89 Å². The highest BCUT2D eigenvalue weighted by Gasteiger charge is 2.20. The number of benzene rings is 1. The number of nitrogens with zero attached hydrogens (tertiary/aromatic N) is 1. The van der Waals surface area contributed by atoms with Crippen LogP contribution in [0.25, 0.3) is 0 Å². The van der Waals surface area contributed by atoms with Crippen molar-refractivity contribution in [2.75, 3.05) is 5.32 Å². The van der Waals surface area contributed by atoms with Crippen LogP contribution in [0.5, 0.6) is 0 Å². The number of H-pyrrole nitrogens is 1. The molecule has 0 aliphatic rings. The number of carboxylic acids is 1. The van der Waals surface area contributed by atoms with Gasteiger partial charge in [0.05, 0.1) is 0 Å². The number of aromatic amines is 1. The number of aromatic carboxylic acids is 1. The predicted molar refractivity (Wildman–Crippen MR) is 59.8 cm³/mol. The van der Waals surface area contributed by atoms with Crippen LogP contribution in [0.3, 0.4) is 0 Å². The molecule has 0 fully saturated rings. The first-order valence-corrected chi connectivity index (χ1v) is 5.13. The SMILES string of the molecule is O=C(O)c1cc(NC(=O)c2c(F)cc(F)cc2F)n[nH]1. The molecular formula is C11H6F3N3O3. The third kappa shape index (κ3) is 2.60.